The second kappa shape index (κ2) is 12.0. The number of hydrogen-bond acceptors (Lipinski definition) is 5. The van der Waals surface area contributed by atoms with Gasteiger partial charge in [-0.3, -0.25) is 9.69 Å². The Morgan fingerprint density at radius 2 is 1.78 bits per heavy atom. The Morgan fingerprint density at radius 3 is 2.46 bits per heavy atom. The van der Waals surface area contributed by atoms with Gasteiger partial charge >= 0.3 is 0 Å². The maximum atomic E-state index is 13.1. The van der Waals surface area contributed by atoms with Crippen LogP contribution in [0.4, 0.5) is 5.69 Å². The fourth-order valence-electron chi connectivity index (χ4n) is 5.30. The minimum atomic E-state index is -0.534. The fraction of sp³-hybridized carbons (Fsp3) is 0.433. The fourth-order valence-corrected chi connectivity index (χ4v) is 6.08. The van der Waals surface area contributed by atoms with Crippen molar-refractivity contribution in [3.63, 3.8) is 0 Å². The van der Waals surface area contributed by atoms with Gasteiger partial charge in [-0.1, -0.05) is 41.9 Å². The quantitative estimate of drug-likeness (QED) is 0.367. The van der Waals surface area contributed by atoms with E-state index in [0.29, 0.717) is 30.6 Å². The third-order valence-electron chi connectivity index (χ3n) is 7.71. The van der Waals surface area contributed by atoms with E-state index in [1.807, 2.05) is 29.2 Å². The molecule has 7 heteroatoms. The van der Waals surface area contributed by atoms with Gasteiger partial charge in [0.2, 0.25) is 5.91 Å². The van der Waals surface area contributed by atoms with E-state index in [1.165, 1.54) is 29.7 Å². The van der Waals surface area contributed by atoms with Crippen molar-refractivity contribution in [2.75, 3.05) is 37.6 Å². The highest BCUT2D eigenvalue weighted by Crippen LogP contribution is 2.36. The number of anilines is 1. The maximum absolute atomic E-state index is 13.1. The minimum absolute atomic E-state index is 0.0302. The summed E-state index contributed by atoms with van der Waals surface area (Å²) in [4.78, 5) is 20.1. The molecule has 3 aromatic rings. The molecule has 0 spiro atoms. The lowest BCUT2D eigenvalue weighted by Crippen LogP contribution is -2.54. The summed E-state index contributed by atoms with van der Waals surface area (Å²) in [5.74, 6) is 0.863. The molecule has 2 unspecified atom stereocenters. The summed E-state index contributed by atoms with van der Waals surface area (Å²) in [7, 11) is 0. The summed E-state index contributed by atoms with van der Waals surface area (Å²) in [5.41, 5.74) is 11.4. The lowest BCUT2D eigenvalue weighted by molar-refractivity contribution is -0.132. The number of carbonyl (C=O) groups is 1. The first-order valence-electron chi connectivity index (χ1n) is 13.4. The van der Waals surface area contributed by atoms with Gasteiger partial charge in [-0.15, -0.1) is 0 Å². The highest BCUT2D eigenvalue weighted by atomic mass is 35.5. The smallest absolute Gasteiger partial charge is 0.239 e. The van der Waals surface area contributed by atoms with Crippen LogP contribution in [-0.2, 0) is 17.8 Å². The SMILES string of the molecule is CC(c1ccccc1N1CCN(C(=O)C(N)Cc2ccc(Cl)cc2)CC1)N(Cc1ccsc1)CC1CC1. The molecule has 1 saturated heterocycles. The van der Waals surface area contributed by atoms with Crippen molar-refractivity contribution in [2.45, 2.75) is 44.8 Å². The predicted octanol–water partition coefficient (Wildman–Crippen LogP) is 5.59. The number of nitrogens with zero attached hydrogens (tertiary/aromatic N) is 3. The van der Waals surface area contributed by atoms with Gasteiger partial charge in [0.05, 0.1) is 6.04 Å². The van der Waals surface area contributed by atoms with E-state index in [0.717, 1.165) is 37.7 Å². The number of piperazine rings is 1. The van der Waals surface area contributed by atoms with Gasteiger partial charge in [0.1, 0.15) is 0 Å². The minimum Gasteiger partial charge on any atom is -0.368 e. The van der Waals surface area contributed by atoms with Crippen LogP contribution in [0.3, 0.4) is 0 Å². The first-order valence-corrected chi connectivity index (χ1v) is 14.7. The summed E-state index contributed by atoms with van der Waals surface area (Å²) in [6, 6.07) is 18.4. The molecule has 196 valence electrons. The number of benzene rings is 2. The van der Waals surface area contributed by atoms with Crippen molar-refractivity contribution in [1.82, 2.24) is 9.80 Å². The normalized spacial score (nSPS) is 17.7. The number of carbonyl (C=O) groups excluding carboxylic acids is 1. The van der Waals surface area contributed by atoms with Crippen LogP contribution in [0.5, 0.6) is 0 Å². The van der Waals surface area contributed by atoms with Crippen molar-refractivity contribution in [3.8, 4) is 0 Å². The van der Waals surface area contributed by atoms with Crippen molar-refractivity contribution in [3.05, 3.63) is 87.1 Å². The molecule has 5 rings (SSSR count). The Kier molecular flexibility index (Phi) is 8.50. The van der Waals surface area contributed by atoms with Gasteiger partial charge in [-0.2, -0.15) is 11.3 Å². The Labute approximate surface area is 229 Å². The standard InChI is InChI=1S/C30H37ClN4OS/c1-22(35(19-24-6-7-24)20-25-12-17-37-21-25)27-4-2-3-5-29(27)33-13-15-34(16-14-33)30(36)28(32)18-23-8-10-26(31)11-9-23/h2-5,8-12,17,21-22,24,28H,6-7,13-16,18-20,32H2,1H3. The molecule has 1 saturated carbocycles. The first kappa shape index (κ1) is 26.2. The van der Waals surface area contributed by atoms with Crippen LogP contribution < -0.4 is 10.6 Å². The van der Waals surface area contributed by atoms with Crippen LogP contribution in [0.15, 0.2) is 65.4 Å². The molecule has 0 radical (unpaired) electrons. The number of thiophene rings is 1. The number of hydrogen-bond donors (Lipinski definition) is 1. The van der Waals surface area contributed by atoms with Gasteiger partial charge in [0, 0.05) is 56.0 Å². The highest BCUT2D eigenvalue weighted by Gasteiger charge is 2.30. The lowest BCUT2D eigenvalue weighted by Gasteiger charge is -2.39. The molecule has 1 aromatic heterocycles. The second-order valence-corrected chi connectivity index (χ2v) is 11.7. The van der Waals surface area contributed by atoms with E-state index in [2.05, 4.69) is 57.8 Å². The maximum Gasteiger partial charge on any atom is 0.239 e. The zero-order chi connectivity index (χ0) is 25.8. The van der Waals surface area contributed by atoms with E-state index in [1.54, 1.807) is 11.3 Å². The summed E-state index contributed by atoms with van der Waals surface area (Å²) < 4.78 is 0. The third kappa shape index (κ3) is 6.74. The lowest BCUT2D eigenvalue weighted by atomic mass is 10.0. The molecule has 0 bridgehead atoms. The van der Waals surface area contributed by atoms with Crippen LogP contribution in [0.25, 0.3) is 0 Å². The van der Waals surface area contributed by atoms with E-state index < -0.39 is 6.04 Å². The number of rotatable bonds is 10. The number of halogens is 1. The van der Waals surface area contributed by atoms with Crippen LogP contribution in [0.2, 0.25) is 5.02 Å². The summed E-state index contributed by atoms with van der Waals surface area (Å²) >= 11 is 7.76. The van der Waals surface area contributed by atoms with E-state index in [4.69, 9.17) is 17.3 Å². The number of nitrogens with two attached hydrogens (primary N) is 1. The largest absolute Gasteiger partial charge is 0.368 e. The van der Waals surface area contributed by atoms with Crippen LogP contribution in [-0.4, -0.2) is 54.5 Å². The van der Waals surface area contributed by atoms with Gasteiger partial charge in [0.25, 0.3) is 0 Å². The van der Waals surface area contributed by atoms with Crippen LogP contribution in [0.1, 0.15) is 42.5 Å². The predicted molar refractivity (Wildman–Crippen MR) is 154 cm³/mol. The summed E-state index contributed by atoms with van der Waals surface area (Å²) in [6.45, 7) is 7.51. The molecule has 2 atom stereocenters. The number of amides is 1. The van der Waals surface area contributed by atoms with Gasteiger partial charge < -0.3 is 15.5 Å². The molecule has 2 heterocycles. The average molecular weight is 537 g/mol. The number of para-hydroxylation sites is 1. The van der Waals surface area contributed by atoms with Crippen molar-refractivity contribution < 1.29 is 4.79 Å². The monoisotopic (exact) mass is 536 g/mol. The molecule has 37 heavy (non-hydrogen) atoms. The molecule has 5 nitrogen and oxygen atoms in total. The molecule has 2 fully saturated rings. The summed E-state index contributed by atoms with van der Waals surface area (Å²) in [6.07, 6.45) is 3.23. The van der Waals surface area contributed by atoms with E-state index >= 15 is 0 Å². The molecule has 1 amide bonds. The Hall–Kier alpha value is -2.38. The highest BCUT2D eigenvalue weighted by molar-refractivity contribution is 7.07. The van der Waals surface area contributed by atoms with Gasteiger partial charge in [-0.25, -0.2) is 0 Å². The van der Waals surface area contributed by atoms with Crippen molar-refractivity contribution >= 4 is 34.5 Å². The molecular weight excluding hydrogens is 500 g/mol. The molecule has 1 aliphatic carbocycles. The van der Waals surface area contributed by atoms with Crippen LogP contribution >= 0.6 is 22.9 Å². The van der Waals surface area contributed by atoms with Crippen molar-refractivity contribution in [1.29, 1.82) is 0 Å². The Morgan fingerprint density at radius 1 is 1.05 bits per heavy atom. The average Bonchev–Trinajstić information content (AvgIpc) is 3.60. The molecular formula is C30H37ClN4OS. The van der Waals surface area contributed by atoms with Crippen LogP contribution in [0, 0.1) is 5.92 Å². The zero-order valence-corrected chi connectivity index (χ0v) is 23.1. The zero-order valence-electron chi connectivity index (χ0n) is 21.6. The van der Waals surface area contributed by atoms with E-state index in [9.17, 15) is 4.79 Å². The Balaban J connectivity index is 1.23. The molecule has 2 N–H and O–H groups in total. The topological polar surface area (TPSA) is 52.8 Å². The molecule has 1 aliphatic heterocycles. The Bertz CT molecular complexity index is 1160. The first-order chi connectivity index (χ1) is 18.0. The second-order valence-electron chi connectivity index (χ2n) is 10.5. The van der Waals surface area contributed by atoms with Crippen molar-refractivity contribution in [2.24, 2.45) is 11.7 Å². The molecule has 2 aliphatic rings. The summed E-state index contributed by atoms with van der Waals surface area (Å²) in [5, 5.41) is 5.13. The van der Waals surface area contributed by atoms with Gasteiger partial charge in [0.15, 0.2) is 0 Å². The third-order valence-corrected chi connectivity index (χ3v) is 8.69. The van der Waals surface area contributed by atoms with Gasteiger partial charge in [-0.05, 0) is 83.8 Å². The molecule has 2 aromatic carbocycles. The van der Waals surface area contributed by atoms with E-state index in [-0.39, 0.29) is 5.91 Å².